The number of hydrogen-bond donors (Lipinski definition) is 1. The molecule has 0 spiro atoms. The lowest BCUT2D eigenvalue weighted by atomic mass is 10.2. The van der Waals surface area contributed by atoms with Gasteiger partial charge in [-0.1, -0.05) is 58.5 Å². The van der Waals surface area contributed by atoms with Gasteiger partial charge in [-0.3, -0.25) is 0 Å². The van der Waals surface area contributed by atoms with Gasteiger partial charge in [0.2, 0.25) is 10.7 Å². The number of carbonyl (C=O) groups excluding carboxylic acids is 1. The van der Waals surface area contributed by atoms with Crippen LogP contribution in [0.1, 0.15) is 19.4 Å². The molecule has 11 heteroatoms. The summed E-state index contributed by atoms with van der Waals surface area (Å²) >= 11 is 22.7. The van der Waals surface area contributed by atoms with Gasteiger partial charge in [0.05, 0.1) is 21.7 Å². The van der Waals surface area contributed by atoms with Gasteiger partial charge in [-0.05, 0) is 38.1 Å². The number of nitrogens with zero attached hydrogens (tertiary/aromatic N) is 1. The summed E-state index contributed by atoms with van der Waals surface area (Å²) < 4.78 is 37.2. The fraction of sp³-hybridized carbons (Fsp3) is 0.263. The van der Waals surface area contributed by atoms with Gasteiger partial charge in [0.25, 0.3) is 0 Å². The summed E-state index contributed by atoms with van der Waals surface area (Å²) in [6.45, 7) is 3.47. The van der Waals surface area contributed by atoms with Gasteiger partial charge >= 0.3 is 12.1 Å². The molecule has 30 heavy (non-hydrogen) atoms. The van der Waals surface area contributed by atoms with Crippen LogP contribution in [0.25, 0.3) is 0 Å². The SMILES string of the molecule is CC(C)O/C(=N\C(=O)Nc1cccc(OC(F)(F)C(Cl)Cl)c1)c1c(Cl)cccc1Cl. The predicted octanol–water partition coefficient (Wildman–Crippen LogP) is 7.17. The van der Waals surface area contributed by atoms with E-state index in [9.17, 15) is 13.6 Å². The Morgan fingerprint density at radius 3 is 2.27 bits per heavy atom. The topological polar surface area (TPSA) is 59.9 Å². The summed E-state index contributed by atoms with van der Waals surface area (Å²) in [6.07, 6.45) is -4.15. The van der Waals surface area contributed by atoms with E-state index in [0.717, 1.165) is 6.07 Å². The number of rotatable bonds is 6. The highest BCUT2D eigenvalue weighted by molar-refractivity contribution is 6.44. The third-order valence-electron chi connectivity index (χ3n) is 3.32. The van der Waals surface area contributed by atoms with Crippen molar-refractivity contribution in [3.8, 4) is 5.75 Å². The predicted molar refractivity (Wildman–Crippen MR) is 116 cm³/mol. The third-order valence-corrected chi connectivity index (χ3v) is 4.46. The summed E-state index contributed by atoms with van der Waals surface area (Å²) in [7, 11) is 0. The lowest BCUT2D eigenvalue weighted by Gasteiger charge is -2.19. The van der Waals surface area contributed by atoms with E-state index in [-0.39, 0.29) is 39.0 Å². The second kappa shape index (κ2) is 10.5. The first kappa shape index (κ1) is 24.5. The summed E-state index contributed by atoms with van der Waals surface area (Å²) in [4.78, 5) is 14.2. The average Bonchev–Trinajstić information content (AvgIpc) is 2.60. The zero-order chi connectivity index (χ0) is 22.5. The molecule has 2 rings (SSSR count). The normalized spacial score (nSPS) is 12.3. The van der Waals surface area contributed by atoms with Crippen LogP contribution in [0, 0.1) is 0 Å². The van der Waals surface area contributed by atoms with E-state index in [0.29, 0.717) is 0 Å². The Morgan fingerprint density at radius 1 is 1.10 bits per heavy atom. The zero-order valence-electron chi connectivity index (χ0n) is 15.6. The fourth-order valence-electron chi connectivity index (χ4n) is 2.15. The van der Waals surface area contributed by atoms with Crippen LogP contribution in [0.4, 0.5) is 19.3 Å². The van der Waals surface area contributed by atoms with Crippen LogP contribution in [0.15, 0.2) is 47.5 Å². The Bertz CT molecular complexity index is 919. The highest BCUT2D eigenvalue weighted by atomic mass is 35.5. The zero-order valence-corrected chi connectivity index (χ0v) is 18.7. The number of anilines is 1. The highest BCUT2D eigenvalue weighted by Gasteiger charge is 2.40. The van der Waals surface area contributed by atoms with Crippen LogP contribution in [-0.2, 0) is 4.74 Å². The Kier molecular flexibility index (Phi) is 8.55. The number of hydrogen-bond acceptors (Lipinski definition) is 3. The monoisotopic (exact) mass is 498 g/mol. The molecule has 0 bridgehead atoms. The molecule has 1 N–H and O–H groups in total. The van der Waals surface area contributed by atoms with Crippen molar-refractivity contribution in [2.24, 2.45) is 4.99 Å². The maximum absolute atomic E-state index is 13.5. The molecule has 0 fully saturated rings. The largest absolute Gasteiger partial charge is 0.474 e. The number of carbonyl (C=O) groups is 1. The number of benzene rings is 2. The Hall–Kier alpha value is -1.80. The lowest BCUT2D eigenvalue weighted by Crippen LogP contribution is -2.32. The minimum absolute atomic E-state index is 0.0934. The van der Waals surface area contributed by atoms with E-state index in [1.54, 1.807) is 32.0 Å². The molecule has 0 aromatic heterocycles. The lowest BCUT2D eigenvalue weighted by molar-refractivity contribution is -0.163. The van der Waals surface area contributed by atoms with Crippen molar-refractivity contribution in [1.82, 2.24) is 0 Å². The Balaban J connectivity index is 2.27. The van der Waals surface area contributed by atoms with Crippen molar-refractivity contribution < 1.29 is 23.0 Å². The molecular weight excluding hydrogens is 484 g/mol. The van der Waals surface area contributed by atoms with Crippen molar-refractivity contribution in [2.45, 2.75) is 30.9 Å². The standard InChI is InChI=1S/C19H16Cl4F2N2O3/c1-10(2)29-16(15-13(20)7-4-8-14(15)21)27-18(28)26-11-5-3-6-12(9-11)30-19(24,25)17(22)23/h3-10,17H,1-2H3,(H,26,28)/b27-16-. The molecule has 2 aromatic rings. The van der Waals surface area contributed by atoms with Crippen LogP contribution in [0.5, 0.6) is 5.75 Å². The van der Waals surface area contributed by atoms with Crippen molar-refractivity contribution in [1.29, 1.82) is 0 Å². The summed E-state index contributed by atoms with van der Waals surface area (Å²) in [5, 5.41) is 2.91. The minimum Gasteiger partial charge on any atom is -0.474 e. The first-order valence-corrected chi connectivity index (χ1v) is 10.1. The number of urea groups is 1. The molecule has 0 saturated carbocycles. The highest BCUT2D eigenvalue weighted by Crippen LogP contribution is 2.31. The number of halogens is 6. The Labute approximate surface area is 191 Å². The minimum atomic E-state index is -3.82. The van der Waals surface area contributed by atoms with E-state index >= 15 is 0 Å². The van der Waals surface area contributed by atoms with Crippen molar-refractivity contribution in [3.05, 3.63) is 58.1 Å². The molecule has 0 radical (unpaired) electrons. The number of aliphatic imine (C=N–C) groups is 1. The van der Waals surface area contributed by atoms with Crippen molar-refractivity contribution in [2.75, 3.05) is 5.32 Å². The van der Waals surface area contributed by atoms with Gasteiger partial charge in [0.15, 0.2) is 0 Å². The molecule has 2 amide bonds. The molecule has 0 atom stereocenters. The smallest absolute Gasteiger partial charge is 0.428 e. The molecule has 5 nitrogen and oxygen atoms in total. The van der Waals surface area contributed by atoms with Gasteiger partial charge < -0.3 is 14.8 Å². The maximum Gasteiger partial charge on any atom is 0.428 e. The van der Waals surface area contributed by atoms with E-state index in [1.807, 2.05) is 0 Å². The molecule has 0 aliphatic heterocycles. The first-order chi connectivity index (χ1) is 14.0. The molecule has 0 heterocycles. The summed E-state index contributed by atoms with van der Waals surface area (Å²) in [6, 6.07) is 9.17. The quantitative estimate of drug-likeness (QED) is 0.260. The van der Waals surface area contributed by atoms with Gasteiger partial charge in [0, 0.05) is 11.8 Å². The number of alkyl halides is 4. The van der Waals surface area contributed by atoms with Gasteiger partial charge in [-0.25, -0.2) is 4.79 Å². The molecule has 0 aliphatic rings. The number of ether oxygens (including phenoxy) is 2. The van der Waals surface area contributed by atoms with Crippen molar-refractivity contribution >= 4 is 64.0 Å². The summed E-state index contributed by atoms with van der Waals surface area (Å²) in [5.41, 5.74) is 0.378. The maximum atomic E-state index is 13.5. The van der Waals surface area contributed by atoms with Gasteiger partial charge in [0.1, 0.15) is 5.75 Å². The van der Waals surface area contributed by atoms with Crippen LogP contribution >= 0.6 is 46.4 Å². The fourth-order valence-corrected chi connectivity index (χ4v) is 2.80. The third kappa shape index (κ3) is 6.87. The molecular formula is C19H16Cl4F2N2O3. The van der Waals surface area contributed by atoms with Gasteiger partial charge in [-0.2, -0.15) is 13.8 Å². The van der Waals surface area contributed by atoms with Crippen LogP contribution in [-0.4, -0.2) is 29.0 Å². The number of nitrogens with one attached hydrogen (secondary N) is 1. The first-order valence-electron chi connectivity index (χ1n) is 8.45. The summed E-state index contributed by atoms with van der Waals surface area (Å²) in [5.74, 6) is -0.356. The van der Waals surface area contributed by atoms with Crippen LogP contribution < -0.4 is 10.1 Å². The molecule has 0 unspecified atom stereocenters. The van der Waals surface area contributed by atoms with E-state index in [2.05, 4.69) is 15.0 Å². The van der Waals surface area contributed by atoms with Crippen LogP contribution in [0.3, 0.4) is 0 Å². The van der Waals surface area contributed by atoms with Gasteiger partial charge in [-0.15, -0.1) is 0 Å². The van der Waals surface area contributed by atoms with E-state index < -0.39 is 17.0 Å². The second-order valence-electron chi connectivity index (χ2n) is 6.10. The van der Waals surface area contributed by atoms with E-state index in [4.69, 9.17) is 51.1 Å². The Morgan fingerprint density at radius 2 is 1.70 bits per heavy atom. The van der Waals surface area contributed by atoms with E-state index in [1.165, 1.54) is 18.2 Å². The molecule has 2 aromatic carbocycles. The molecule has 162 valence electrons. The second-order valence-corrected chi connectivity index (χ2v) is 8.01. The molecule has 0 aliphatic carbocycles. The molecule has 0 saturated heterocycles. The van der Waals surface area contributed by atoms with Crippen molar-refractivity contribution in [3.63, 3.8) is 0 Å². The average molecular weight is 500 g/mol. The number of amides is 2. The van der Waals surface area contributed by atoms with Crippen LogP contribution in [0.2, 0.25) is 10.0 Å².